The second kappa shape index (κ2) is 5.87. The van der Waals surface area contributed by atoms with Crippen LogP contribution in [0.4, 0.5) is 0 Å². The summed E-state index contributed by atoms with van der Waals surface area (Å²) in [5.74, 6) is 0.978. The van der Waals surface area contributed by atoms with Crippen molar-refractivity contribution >= 4 is 0 Å². The van der Waals surface area contributed by atoms with Crippen molar-refractivity contribution in [2.24, 2.45) is 0 Å². The maximum atomic E-state index is 5.46. The zero-order valence-electron chi connectivity index (χ0n) is 10.7. The van der Waals surface area contributed by atoms with Crippen LogP contribution in [-0.4, -0.2) is 13.7 Å². The number of rotatable bonds is 5. The number of likely N-dealkylation sites (N-methyl/N-ethyl adjacent to an activating group) is 1. The first kappa shape index (κ1) is 12.2. The monoisotopic (exact) mass is 231 g/mol. The van der Waals surface area contributed by atoms with Gasteiger partial charge in [0, 0.05) is 5.56 Å². The summed E-state index contributed by atoms with van der Waals surface area (Å²) < 4.78 is 5.46. The summed E-state index contributed by atoms with van der Waals surface area (Å²) >= 11 is 0. The van der Waals surface area contributed by atoms with Crippen LogP contribution < -0.4 is 10.1 Å². The molecule has 0 bridgehead atoms. The molecule has 92 valence electrons. The molecule has 2 heteroatoms. The van der Waals surface area contributed by atoms with Crippen LogP contribution in [0.15, 0.2) is 35.9 Å². The van der Waals surface area contributed by atoms with E-state index >= 15 is 0 Å². The minimum atomic E-state index is 0.318. The van der Waals surface area contributed by atoms with Crippen molar-refractivity contribution in [2.75, 3.05) is 13.7 Å². The minimum absolute atomic E-state index is 0.318. The lowest BCUT2D eigenvalue weighted by Gasteiger charge is -2.22. The van der Waals surface area contributed by atoms with Gasteiger partial charge in [-0.05, 0) is 31.9 Å². The summed E-state index contributed by atoms with van der Waals surface area (Å²) in [6.45, 7) is 3.12. The van der Waals surface area contributed by atoms with Crippen molar-refractivity contribution in [1.29, 1.82) is 0 Å². The largest absolute Gasteiger partial charge is 0.496 e. The lowest BCUT2D eigenvalue weighted by atomic mass is 9.97. The molecule has 0 radical (unpaired) electrons. The van der Waals surface area contributed by atoms with Gasteiger partial charge in [-0.15, -0.1) is 0 Å². The Morgan fingerprint density at radius 1 is 1.35 bits per heavy atom. The maximum Gasteiger partial charge on any atom is 0.123 e. The van der Waals surface area contributed by atoms with Gasteiger partial charge in [0.25, 0.3) is 0 Å². The van der Waals surface area contributed by atoms with Gasteiger partial charge in [-0.2, -0.15) is 0 Å². The highest BCUT2D eigenvalue weighted by Gasteiger charge is 2.20. The molecule has 1 aromatic carbocycles. The molecule has 0 fully saturated rings. The molecule has 1 N–H and O–H groups in total. The highest BCUT2D eigenvalue weighted by atomic mass is 16.5. The van der Waals surface area contributed by atoms with Crippen LogP contribution in [0.5, 0.6) is 5.75 Å². The van der Waals surface area contributed by atoms with E-state index in [4.69, 9.17) is 4.74 Å². The van der Waals surface area contributed by atoms with Crippen LogP contribution in [0.2, 0.25) is 0 Å². The molecule has 2 nitrogen and oxygen atoms in total. The van der Waals surface area contributed by atoms with Crippen molar-refractivity contribution in [1.82, 2.24) is 5.32 Å². The average Bonchev–Trinajstić information content (AvgIpc) is 2.89. The van der Waals surface area contributed by atoms with Crippen LogP contribution in [0, 0.1) is 0 Å². The zero-order valence-corrected chi connectivity index (χ0v) is 10.7. The second-order valence-electron chi connectivity index (χ2n) is 4.40. The Morgan fingerprint density at radius 3 is 2.82 bits per heavy atom. The lowest BCUT2D eigenvalue weighted by Crippen LogP contribution is -2.22. The highest BCUT2D eigenvalue weighted by Crippen LogP contribution is 2.34. The van der Waals surface area contributed by atoms with E-state index in [1.165, 1.54) is 30.4 Å². The molecule has 0 saturated carbocycles. The van der Waals surface area contributed by atoms with Gasteiger partial charge in [0.2, 0.25) is 0 Å². The Morgan fingerprint density at radius 2 is 2.18 bits per heavy atom. The number of benzene rings is 1. The third kappa shape index (κ3) is 2.70. The molecule has 0 heterocycles. The number of para-hydroxylation sites is 1. The first-order valence-electron chi connectivity index (χ1n) is 6.42. The van der Waals surface area contributed by atoms with E-state index in [0.717, 1.165) is 12.3 Å². The molecule has 17 heavy (non-hydrogen) atoms. The van der Waals surface area contributed by atoms with E-state index < -0.39 is 0 Å². The summed E-state index contributed by atoms with van der Waals surface area (Å²) in [7, 11) is 1.74. The van der Waals surface area contributed by atoms with Crippen LogP contribution in [0.1, 0.15) is 37.8 Å². The molecule has 0 aliphatic heterocycles. The number of hydrogen-bond acceptors (Lipinski definition) is 2. The summed E-state index contributed by atoms with van der Waals surface area (Å²) in [6.07, 6.45) is 6.08. The van der Waals surface area contributed by atoms with Crippen molar-refractivity contribution < 1.29 is 4.74 Å². The molecule has 0 spiro atoms. The van der Waals surface area contributed by atoms with Gasteiger partial charge < -0.3 is 10.1 Å². The quantitative estimate of drug-likeness (QED) is 0.784. The van der Waals surface area contributed by atoms with Crippen LogP contribution in [0.3, 0.4) is 0 Å². The SMILES string of the molecule is CCNC(C1=CCCC1)c1ccccc1OC. The van der Waals surface area contributed by atoms with Gasteiger partial charge in [0.15, 0.2) is 0 Å². The number of allylic oxidation sites excluding steroid dienone is 1. The second-order valence-corrected chi connectivity index (χ2v) is 4.40. The Bertz CT molecular complexity index is 398. The van der Waals surface area contributed by atoms with Crippen LogP contribution in [0.25, 0.3) is 0 Å². The number of methoxy groups -OCH3 is 1. The molecule has 1 aliphatic carbocycles. The van der Waals surface area contributed by atoms with Gasteiger partial charge in [-0.1, -0.05) is 36.8 Å². The normalized spacial score (nSPS) is 16.7. The van der Waals surface area contributed by atoms with E-state index in [0.29, 0.717) is 6.04 Å². The van der Waals surface area contributed by atoms with E-state index in [1.54, 1.807) is 7.11 Å². The highest BCUT2D eigenvalue weighted by molar-refractivity contribution is 5.40. The molecular weight excluding hydrogens is 210 g/mol. The Kier molecular flexibility index (Phi) is 4.21. The Hall–Kier alpha value is -1.28. The summed E-state index contributed by atoms with van der Waals surface area (Å²) in [6, 6.07) is 8.62. The van der Waals surface area contributed by atoms with Gasteiger partial charge >= 0.3 is 0 Å². The molecule has 1 aliphatic rings. The number of hydrogen-bond donors (Lipinski definition) is 1. The fourth-order valence-electron chi connectivity index (χ4n) is 2.51. The Balaban J connectivity index is 2.31. The summed E-state index contributed by atoms with van der Waals surface area (Å²) in [5, 5.41) is 3.57. The molecule has 2 rings (SSSR count). The third-order valence-corrected chi connectivity index (χ3v) is 3.31. The average molecular weight is 231 g/mol. The molecular formula is C15H21NO. The van der Waals surface area contributed by atoms with Crippen LogP contribution >= 0.6 is 0 Å². The first-order valence-corrected chi connectivity index (χ1v) is 6.42. The molecule has 1 unspecified atom stereocenters. The molecule has 1 atom stereocenters. The molecule has 0 saturated heterocycles. The minimum Gasteiger partial charge on any atom is -0.496 e. The molecule has 1 aromatic rings. The first-order chi connectivity index (χ1) is 8.36. The molecule has 0 amide bonds. The van der Waals surface area contributed by atoms with E-state index in [1.807, 2.05) is 12.1 Å². The standard InChI is InChI=1S/C15H21NO/c1-3-16-15(12-8-4-5-9-12)13-10-6-7-11-14(13)17-2/h6-8,10-11,15-16H,3-5,9H2,1-2H3. The topological polar surface area (TPSA) is 21.3 Å². The maximum absolute atomic E-state index is 5.46. The van der Waals surface area contributed by atoms with Crippen molar-refractivity contribution in [3.63, 3.8) is 0 Å². The van der Waals surface area contributed by atoms with Crippen LogP contribution in [-0.2, 0) is 0 Å². The summed E-state index contributed by atoms with van der Waals surface area (Å²) in [4.78, 5) is 0. The lowest BCUT2D eigenvalue weighted by molar-refractivity contribution is 0.403. The Labute approximate surface area is 104 Å². The van der Waals surface area contributed by atoms with Crippen molar-refractivity contribution in [3.05, 3.63) is 41.5 Å². The van der Waals surface area contributed by atoms with Gasteiger partial charge in [0.1, 0.15) is 5.75 Å². The van der Waals surface area contributed by atoms with Crippen molar-refractivity contribution in [2.45, 2.75) is 32.2 Å². The zero-order chi connectivity index (χ0) is 12.1. The molecule has 0 aromatic heterocycles. The number of ether oxygens (including phenoxy) is 1. The van der Waals surface area contributed by atoms with Gasteiger partial charge in [-0.25, -0.2) is 0 Å². The van der Waals surface area contributed by atoms with Gasteiger partial charge in [-0.3, -0.25) is 0 Å². The predicted molar refractivity (Wildman–Crippen MR) is 71.3 cm³/mol. The fraction of sp³-hybridized carbons (Fsp3) is 0.467. The fourth-order valence-corrected chi connectivity index (χ4v) is 2.51. The smallest absolute Gasteiger partial charge is 0.123 e. The van der Waals surface area contributed by atoms with E-state index in [9.17, 15) is 0 Å². The van der Waals surface area contributed by atoms with Crippen molar-refractivity contribution in [3.8, 4) is 5.75 Å². The van der Waals surface area contributed by atoms with Gasteiger partial charge in [0.05, 0.1) is 13.2 Å². The number of nitrogens with one attached hydrogen (secondary N) is 1. The third-order valence-electron chi connectivity index (χ3n) is 3.31. The summed E-state index contributed by atoms with van der Waals surface area (Å²) in [5.41, 5.74) is 2.77. The van der Waals surface area contributed by atoms with E-state index in [2.05, 4.69) is 30.4 Å². The predicted octanol–water partition coefficient (Wildman–Crippen LogP) is 3.46. The van der Waals surface area contributed by atoms with E-state index in [-0.39, 0.29) is 0 Å².